The zero-order chi connectivity index (χ0) is 13.5. The summed E-state index contributed by atoms with van der Waals surface area (Å²) < 4.78 is 0. The van der Waals surface area contributed by atoms with Crippen molar-refractivity contribution in [1.29, 1.82) is 0 Å². The van der Waals surface area contributed by atoms with Gasteiger partial charge < -0.3 is 16.2 Å². The van der Waals surface area contributed by atoms with E-state index >= 15 is 0 Å². The minimum absolute atomic E-state index is 0.118. The summed E-state index contributed by atoms with van der Waals surface area (Å²) in [7, 11) is 0. The van der Waals surface area contributed by atoms with Crippen LogP contribution in [0.4, 0.5) is 0 Å². The van der Waals surface area contributed by atoms with Gasteiger partial charge in [0.2, 0.25) is 5.91 Å². The highest BCUT2D eigenvalue weighted by molar-refractivity contribution is 5.80. The first-order chi connectivity index (χ1) is 7.77. The number of nitrogens with two attached hydrogens (primary N) is 1. The highest BCUT2D eigenvalue weighted by Crippen LogP contribution is 2.31. The van der Waals surface area contributed by atoms with Crippen LogP contribution in [0.25, 0.3) is 0 Å². The first-order valence-electron chi connectivity index (χ1n) is 5.96. The van der Waals surface area contributed by atoms with Crippen molar-refractivity contribution in [3.8, 4) is 0 Å². The standard InChI is InChI=1S/C12H24N2O3/c1-12(2,3)9(6-7-13)4-5-10(15)14-8-11(16)17/h9H,4-8,13H2,1-3H3,(H,14,15)(H,16,17). The van der Waals surface area contributed by atoms with Gasteiger partial charge in [0.05, 0.1) is 0 Å². The van der Waals surface area contributed by atoms with Crippen LogP contribution in [0.15, 0.2) is 0 Å². The lowest BCUT2D eigenvalue weighted by Gasteiger charge is -2.30. The van der Waals surface area contributed by atoms with Crippen molar-refractivity contribution < 1.29 is 14.7 Å². The largest absolute Gasteiger partial charge is 0.480 e. The van der Waals surface area contributed by atoms with Crippen molar-refractivity contribution in [2.45, 2.75) is 40.0 Å². The Bertz CT molecular complexity index is 259. The molecule has 1 amide bonds. The Morgan fingerprint density at radius 1 is 1.29 bits per heavy atom. The summed E-state index contributed by atoms with van der Waals surface area (Å²) >= 11 is 0. The second-order valence-corrected chi connectivity index (χ2v) is 5.35. The predicted octanol–water partition coefficient (Wildman–Crippen LogP) is 0.979. The zero-order valence-corrected chi connectivity index (χ0v) is 11.0. The summed E-state index contributed by atoms with van der Waals surface area (Å²) in [6, 6.07) is 0. The first-order valence-corrected chi connectivity index (χ1v) is 5.96. The normalized spacial score (nSPS) is 13.2. The highest BCUT2D eigenvalue weighted by atomic mass is 16.4. The van der Waals surface area contributed by atoms with Gasteiger partial charge >= 0.3 is 5.97 Å². The topological polar surface area (TPSA) is 92.4 Å². The number of aliphatic carboxylic acids is 1. The number of carboxylic acids is 1. The van der Waals surface area contributed by atoms with Crippen LogP contribution in [-0.4, -0.2) is 30.1 Å². The zero-order valence-electron chi connectivity index (χ0n) is 11.0. The molecule has 0 fully saturated rings. The molecule has 0 spiro atoms. The third-order valence-electron chi connectivity index (χ3n) is 2.90. The SMILES string of the molecule is CC(C)(C)C(CCN)CCC(=O)NCC(=O)O. The Hall–Kier alpha value is -1.10. The van der Waals surface area contributed by atoms with Gasteiger partial charge in [0.15, 0.2) is 0 Å². The summed E-state index contributed by atoms with van der Waals surface area (Å²) in [6.07, 6.45) is 1.98. The maximum Gasteiger partial charge on any atom is 0.322 e. The van der Waals surface area contributed by atoms with Crippen molar-refractivity contribution in [1.82, 2.24) is 5.32 Å². The van der Waals surface area contributed by atoms with Crippen molar-refractivity contribution >= 4 is 11.9 Å². The molecule has 17 heavy (non-hydrogen) atoms. The molecule has 5 heteroatoms. The molecule has 5 nitrogen and oxygen atoms in total. The fraction of sp³-hybridized carbons (Fsp3) is 0.833. The molecule has 0 aromatic rings. The van der Waals surface area contributed by atoms with E-state index in [-0.39, 0.29) is 17.9 Å². The smallest absolute Gasteiger partial charge is 0.322 e. The van der Waals surface area contributed by atoms with Crippen LogP contribution < -0.4 is 11.1 Å². The molecule has 0 saturated heterocycles. The van der Waals surface area contributed by atoms with Crippen LogP contribution >= 0.6 is 0 Å². The molecule has 1 atom stereocenters. The average Bonchev–Trinajstić information content (AvgIpc) is 2.19. The Kier molecular flexibility index (Phi) is 6.80. The van der Waals surface area contributed by atoms with E-state index in [1.165, 1.54) is 0 Å². The molecule has 4 N–H and O–H groups in total. The highest BCUT2D eigenvalue weighted by Gasteiger charge is 2.24. The number of amides is 1. The van der Waals surface area contributed by atoms with Gasteiger partial charge in [0.1, 0.15) is 6.54 Å². The third kappa shape index (κ3) is 7.74. The van der Waals surface area contributed by atoms with E-state index < -0.39 is 5.97 Å². The van der Waals surface area contributed by atoms with E-state index in [1.54, 1.807) is 0 Å². The number of rotatable bonds is 7. The molecular weight excluding hydrogens is 220 g/mol. The monoisotopic (exact) mass is 244 g/mol. The molecule has 0 bridgehead atoms. The van der Waals surface area contributed by atoms with Gasteiger partial charge in [-0.3, -0.25) is 9.59 Å². The minimum Gasteiger partial charge on any atom is -0.480 e. The van der Waals surface area contributed by atoms with E-state index in [2.05, 4.69) is 26.1 Å². The van der Waals surface area contributed by atoms with Crippen molar-refractivity contribution in [3.05, 3.63) is 0 Å². The van der Waals surface area contributed by atoms with Crippen LogP contribution in [0.2, 0.25) is 0 Å². The van der Waals surface area contributed by atoms with Crippen molar-refractivity contribution in [2.75, 3.05) is 13.1 Å². The minimum atomic E-state index is -1.02. The molecule has 0 aliphatic heterocycles. The molecule has 0 aromatic heterocycles. The number of carbonyl (C=O) groups is 2. The van der Waals surface area contributed by atoms with Crippen LogP contribution in [0.1, 0.15) is 40.0 Å². The molecule has 0 heterocycles. The molecule has 0 rings (SSSR count). The number of carbonyl (C=O) groups excluding carboxylic acids is 1. The Morgan fingerprint density at radius 2 is 1.88 bits per heavy atom. The van der Waals surface area contributed by atoms with E-state index in [4.69, 9.17) is 10.8 Å². The van der Waals surface area contributed by atoms with Gasteiger partial charge in [-0.05, 0) is 30.7 Å². The Balaban J connectivity index is 4.04. The second-order valence-electron chi connectivity index (χ2n) is 5.35. The van der Waals surface area contributed by atoms with Gasteiger partial charge in [0, 0.05) is 6.42 Å². The number of nitrogens with one attached hydrogen (secondary N) is 1. The number of hydrogen-bond donors (Lipinski definition) is 3. The molecule has 0 aliphatic rings. The number of carboxylic acid groups (broad SMARTS) is 1. The van der Waals surface area contributed by atoms with Gasteiger partial charge in [-0.25, -0.2) is 0 Å². The Morgan fingerprint density at radius 3 is 2.29 bits per heavy atom. The lowest BCUT2D eigenvalue weighted by atomic mass is 9.76. The predicted molar refractivity (Wildman–Crippen MR) is 66.5 cm³/mol. The molecule has 0 aromatic carbocycles. The summed E-state index contributed by atoms with van der Waals surface area (Å²) in [6.45, 7) is 6.68. The fourth-order valence-electron chi connectivity index (χ4n) is 1.78. The summed E-state index contributed by atoms with van der Waals surface area (Å²) in [4.78, 5) is 21.6. The molecule has 0 saturated carbocycles. The number of hydrogen-bond acceptors (Lipinski definition) is 3. The molecule has 0 aliphatic carbocycles. The third-order valence-corrected chi connectivity index (χ3v) is 2.90. The average molecular weight is 244 g/mol. The fourth-order valence-corrected chi connectivity index (χ4v) is 1.78. The molecule has 100 valence electrons. The van der Waals surface area contributed by atoms with E-state index in [1.807, 2.05) is 0 Å². The van der Waals surface area contributed by atoms with Gasteiger partial charge in [-0.2, -0.15) is 0 Å². The van der Waals surface area contributed by atoms with E-state index in [9.17, 15) is 9.59 Å². The summed E-state index contributed by atoms with van der Waals surface area (Å²) in [5.74, 6) is -0.852. The van der Waals surface area contributed by atoms with E-state index in [0.717, 1.165) is 12.8 Å². The maximum absolute atomic E-state index is 11.4. The lowest BCUT2D eigenvalue weighted by molar-refractivity contribution is -0.138. The van der Waals surface area contributed by atoms with Gasteiger partial charge in [-0.1, -0.05) is 20.8 Å². The summed E-state index contributed by atoms with van der Waals surface area (Å²) in [5, 5.41) is 10.8. The summed E-state index contributed by atoms with van der Waals surface area (Å²) in [5.41, 5.74) is 5.67. The van der Waals surface area contributed by atoms with Crippen LogP contribution in [0, 0.1) is 11.3 Å². The van der Waals surface area contributed by atoms with Crippen LogP contribution in [0.5, 0.6) is 0 Å². The molecule has 0 radical (unpaired) electrons. The van der Waals surface area contributed by atoms with Crippen LogP contribution in [-0.2, 0) is 9.59 Å². The quantitative estimate of drug-likeness (QED) is 0.622. The Labute approximate surface area is 103 Å². The van der Waals surface area contributed by atoms with Crippen LogP contribution in [0.3, 0.4) is 0 Å². The van der Waals surface area contributed by atoms with Gasteiger partial charge in [0.25, 0.3) is 0 Å². The molecule has 1 unspecified atom stereocenters. The molecular formula is C12H24N2O3. The lowest BCUT2D eigenvalue weighted by Crippen LogP contribution is -2.31. The first kappa shape index (κ1) is 15.9. The maximum atomic E-state index is 11.4. The second kappa shape index (κ2) is 7.27. The van der Waals surface area contributed by atoms with Crippen molar-refractivity contribution in [3.63, 3.8) is 0 Å². The van der Waals surface area contributed by atoms with Crippen molar-refractivity contribution in [2.24, 2.45) is 17.1 Å². The van der Waals surface area contributed by atoms with E-state index in [0.29, 0.717) is 18.9 Å². The van der Waals surface area contributed by atoms with Gasteiger partial charge in [-0.15, -0.1) is 0 Å².